The maximum atomic E-state index is 13.4. The summed E-state index contributed by atoms with van der Waals surface area (Å²) in [7, 11) is 1.52. The number of rotatable bonds is 4. The van der Waals surface area contributed by atoms with Crippen LogP contribution in [0.3, 0.4) is 0 Å². The number of ether oxygens (including phenoxy) is 1. The Morgan fingerprint density at radius 3 is 2.62 bits per heavy atom. The highest BCUT2D eigenvalue weighted by molar-refractivity contribution is 7.22. The number of hydrogen-bond acceptors (Lipinski definition) is 6. The van der Waals surface area contributed by atoms with Crippen molar-refractivity contribution < 1.29 is 22.7 Å². The smallest absolute Gasteiger partial charge is 0.418 e. The molecule has 0 bridgehead atoms. The zero-order valence-electron chi connectivity index (χ0n) is 16.7. The number of carbonyl (C=O) groups excluding carboxylic acids is 1. The van der Waals surface area contributed by atoms with Gasteiger partial charge in [-0.1, -0.05) is 23.5 Å². The second-order valence-corrected chi connectivity index (χ2v) is 7.76. The third-order valence-electron chi connectivity index (χ3n) is 4.58. The highest BCUT2D eigenvalue weighted by Crippen LogP contribution is 2.34. The number of anilines is 1. The molecule has 1 N–H and O–H groups in total. The van der Waals surface area contributed by atoms with Crippen molar-refractivity contribution in [3.8, 4) is 11.4 Å². The van der Waals surface area contributed by atoms with Gasteiger partial charge in [0.05, 0.1) is 28.6 Å². The number of fused-ring (bicyclic) bond motifs is 1. The van der Waals surface area contributed by atoms with Gasteiger partial charge in [-0.15, -0.1) is 0 Å². The van der Waals surface area contributed by atoms with Gasteiger partial charge in [0.15, 0.2) is 10.8 Å². The third kappa shape index (κ3) is 4.06. The van der Waals surface area contributed by atoms with Crippen LogP contribution in [0.4, 0.5) is 18.3 Å². The topological polar surface area (TPSA) is 86.1 Å². The molecule has 32 heavy (non-hydrogen) atoms. The fraction of sp³-hybridized carbons (Fsp3) is 0.143. The van der Waals surface area contributed by atoms with Crippen LogP contribution in [0.1, 0.15) is 21.7 Å². The Bertz CT molecular complexity index is 1400. The Morgan fingerprint density at radius 2 is 1.91 bits per heavy atom. The van der Waals surface area contributed by atoms with Crippen molar-refractivity contribution in [2.24, 2.45) is 0 Å². The molecule has 0 spiro atoms. The summed E-state index contributed by atoms with van der Waals surface area (Å²) in [5.41, 5.74) is -1.74. The van der Waals surface area contributed by atoms with Gasteiger partial charge in [0.1, 0.15) is 5.75 Å². The van der Waals surface area contributed by atoms with E-state index in [1.165, 1.54) is 32.2 Å². The van der Waals surface area contributed by atoms with E-state index in [9.17, 15) is 22.8 Å². The van der Waals surface area contributed by atoms with Crippen LogP contribution in [0.15, 0.2) is 53.3 Å². The zero-order chi connectivity index (χ0) is 23.0. The largest absolute Gasteiger partial charge is 0.497 e. The molecule has 2 aromatic heterocycles. The van der Waals surface area contributed by atoms with Crippen molar-refractivity contribution in [3.05, 3.63) is 75.7 Å². The molecule has 4 rings (SSSR count). The van der Waals surface area contributed by atoms with E-state index in [0.29, 0.717) is 11.3 Å². The summed E-state index contributed by atoms with van der Waals surface area (Å²) in [5, 5.41) is 6.65. The van der Waals surface area contributed by atoms with Gasteiger partial charge in [-0.05, 0) is 37.3 Å². The molecule has 164 valence electrons. The Kier molecular flexibility index (Phi) is 5.43. The number of nitrogens with one attached hydrogen (secondary N) is 1. The molecule has 0 aliphatic carbocycles. The van der Waals surface area contributed by atoms with Gasteiger partial charge in [0, 0.05) is 11.8 Å². The van der Waals surface area contributed by atoms with Gasteiger partial charge in [0.25, 0.3) is 5.91 Å². The molecule has 2 aromatic carbocycles. The number of para-hydroxylation sites is 1. The van der Waals surface area contributed by atoms with Crippen LogP contribution in [0.2, 0.25) is 0 Å². The van der Waals surface area contributed by atoms with E-state index < -0.39 is 28.8 Å². The molecule has 0 saturated heterocycles. The average molecular weight is 460 g/mol. The molecule has 0 atom stereocenters. The standard InChI is InChI=1S/C21H15F3N4O3S/c1-11-9-16(29)18(27-28(11)15-6-4-3-5-13(15)21(22,23)24)19(30)26-20-25-14-8-7-12(31-2)10-17(14)32-20/h3-10H,1-2H3,(H,25,26,30). The van der Waals surface area contributed by atoms with Crippen LogP contribution in [-0.4, -0.2) is 27.8 Å². The summed E-state index contributed by atoms with van der Waals surface area (Å²) in [6, 6.07) is 11.0. The molecule has 11 heteroatoms. The van der Waals surface area contributed by atoms with Crippen LogP contribution < -0.4 is 15.5 Å². The third-order valence-corrected chi connectivity index (χ3v) is 5.51. The van der Waals surface area contributed by atoms with Gasteiger partial charge in [-0.2, -0.15) is 18.3 Å². The minimum atomic E-state index is -4.64. The molecular formula is C21H15F3N4O3S. The van der Waals surface area contributed by atoms with Crippen molar-refractivity contribution in [3.63, 3.8) is 0 Å². The van der Waals surface area contributed by atoms with E-state index in [1.54, 1.807) is 18.2 Å². The van der Waals surface area contributed by atoms with Crippen molar-refractivity contribution >= 4 is 32.6 Å². The van der Waals surface area contributed by atoms with Gasteiger partial charge < -0.3 is 4.74 Å². The lowest BCUT2D eigenvalue weighted by atomic mass is 10.1. The van der Waals surface area contributed by atoms with Crippen LogP contribution in [0.25, 0.3) is 15.9 Å². The number of halogens is 3. The number of amides is 1. The van der Waals surface area contributed by atoms with Crippen molar-refractivity contribution in [2.75, 3.05) is 12.4 Å². The van der Waals surface area contributed by atoms with Gasteiger partial charge in [-0.3, -0.25) is 14.9 Å². The van der Waals surface area contributed by atoms with E-state index in [1.807, 2.05) is 0 Å². The molecule has 0 aliphatic rings. The predicted molar refractivity (Wildman–Crippen MR) is 114 cm³/mol. The number of methoxy groups -OCH3 is 1. The van der Waals surface area contributed by atoms with Crippen LogP contribution in [0.5, 0.6) is 5.75 Å². The molecule has 4 aromatic rings. The van der Waals surface area contributed by atoms with Crippen molar-refractivity contribution in [2.45, 2.75) is 13.1 Å². The lowest BCUT2D eigenvalue weighted by Gasteiger charge is -2.16. The van der Waals surface area contributed by atoms with E-state index >= 15 is 0 Å². The molecule has 0 fully saturated rings. The molecule has 0 unspecified atom stereocenters. The van der Waals surface area contributed by atoms with Gasteiger partial charge in [0.2, 0.25) is 5.43 Å². The van der Waals surface area contributed by atoms with Gasteiger partial charge >= 0.3 is 6.18 Å². The van der Waals surface area contributed by atoms with Crippen molar-refractivity contribution in [1.29, 1.82) is 0 Å². The van der Waals surface area contributed by atoms with Crippen LogP contribution in [0, 0.1) is 6.92 Å². The Labute approximate surface area is 183 Å². The van der Waals surface area contributed by atoms with E-state index in [4.69, 9.17) is 4.74 Å². The average Bonchev–Trinajstić information content (AvgIpc) is 3.14. The number of thiazole rings is 1. The van der Waals surface area contributed by atoms with E-state index in [-0.39, 0.29) is 16.5 Å². The number of carbonyl (C=O) groups is 1. The lowest BCUT2D eigenvalue weighted by molar-refractivity contribution is -0.137. The maximum Gasteiger partial charge on any atom is 0.418 e. The highest BCUT2D eigenvalue weighted by atomic mass is 32.1. The predicted octanol–water partition coefficient (Wildman–Crippen LogP) is 4.43. The van der Waals surface area contributed by atoms with Crippen molar-refractivity contribution in [1.82, 2.24) is 14.8 Å². The molecule has 2 heterocycles. The van der Waals surface area contributed by atoms with Crippen LogP contribution >= 0.6 is 11.3 Å². The lowest BCUT2D eigenvalue weighted by Crippen LogP contribution is -2.27. The fourth-order valence-corrected chi connectivity index (χ4v) is 3.98. The first-order valence-electron chi connectivity index (χ1n) is 9.21. The maximum absolute atomic E-state index is 13.4. The first-order valence-corrected chi connectivity index (χ1v) is 10.0. The number of nitrogens with zero attached hydrogens (tertiary/aromatic N) is 3. The molecular weight excluding hydrogens is 445 g/mol. The molecule has 7 nitrogen and oxygen atoms in total. The Hall–Kier alpha value is -3.73. The van der Waals surface area contributed by atoms with Crippen LogP contribution in [-0.2, 0) is 6.18 Å². The second kappa shape index (κ2) is 8.08. The quantitative estimate of drug-likeness (QED) is 0.487. The second-order valence-electron chi connectivity index (χ2n) is 6.73. The first kappa shape index (κ1) is 21.5. The van der Waals surface area contributed by atoms with E-state index in [0.717, 1.165) is 32.9 Å². The fourth-order valence-electron chi connectivity index (χ4n) is 3.09. The zero-order valence-corrected chi connectivity index (χ0v) is 17.5. The Balaban J connectivity index is 1.72. The summed E-state index contributed by atoms with van der Waals surface area (Å²) >= 11 is 1.16. The SMILES string of the molecule is COc1ccc2nc(NC(=O)c3nn(-c4ccccc4C(F)(F)F)c(C)cc3=O)sc2c1. The molecule has 0 radical (unpaired) electrons. The molecule has 1 amide bonds. The monoisotopic (exact) mass is 460 g/mol. The summed E-state index contributed by atoms with van der Waals surface area (Å²) < 4.78 is 47.2. The van der Waals surface area contributed by atoms with Gasteiger partial charge in [-0.25, -0.2) is 9.67 Å². The number of alkyl halides is 3. The number of aryl methyl sites for hydroxylation is 1. The normalized spacial score (nSPS) is 11.5. The number of aromatic nitrogens is 3. The Morgan fingerprint density at radius 1 is 1.16 bits per heavy atom. The summed E-state index contributed by atoms with van der Waals surface area (Å²) in [5.74, 6) is -0.260. The molecule has 0 aliphatic heterocycles. The number of benzene rings is 2. The minimum Gasteiger partial charge on any atom is -0.497 e. The summed E-state index contributed by atoms with van der Waals surface area (Å²) in [4.78, 5) is 29.4. The number of hydrogen-bond donors (Lipinski definition) is 1. The highest BCUT2D eigenvalue weighted by Gasteiger charge is 2.34. The minimum absolute atomic E-state index is 0.148. The first-order chi connectivity index (χ1) is 15.2. The molecule has 0 saturated carbocycles. The summed E-state index contributed by atoms with van der Waals surface area (Å²) in [6.07, 6.45) is -4.64. The summed E-state index contributed by atoms with van der Waals surface area (Å²) in [6.45, 7) is 1.43. The van der Waals surface area contributed by atoms with E-state index in [2.05, 4.69) is 15.4 Å².